The number of hydrogen-bond acceptors (Lipinski definition) is 4. The average Bonchev–Trinajstić information content (AvgIpc) is 2.76. The van der Waals surface area contributed by atoms with Gasteiger partial charge in [0.1, 0.15) is 5.69 Å². The molecule has 0 bridgehead atoms. The molecule has 0 aliphatic heterocycles. The highest BCUT2D eigenvalue weighted by Crippen LogP contribution is 2.24. The molecule has 1 aromatic heterocycles. The van der Waals surface area contributed by atoms with Crippen molar-refractivity contribution in [3.63, 3.8) is 0 Å². The Kier molecular flexibility index (Phi) is 2.99. The monoisotopic (exact) mass is 261 g/mol. The lowest BCUT2D eigenvalue weighted by atomic mass is 10.2. The Balaban J connectivity index is 2.75. The second-order valence-electron chi connectivity index (χ2n) is 3.55. The minimum absolute atomic E-state index is 0.101. The summed E-state index contributed by atoms with van der Waals surface area (Å²) in [6.45, 7) is 1.45. The van der Waals surface area contributed by atoms with Crippen molar-refractivity contribution >= 4 is 0 Å². The summed E-state index contributed by atoms with van der Waals surface area (Å²) >= 11 is 0. The van der Waals surface area contributed by atoms with E-state index in [1.165, 1.54) is 6.92 Å². The van der Waals surface area contributed by atoms with Gasteiger partial charge in [-0.25, -0.2) is 17.6 Å². The van der Waals surface area contributed by atoms with E-state index in [9.17, 15) is 17.6 Å². The molecule has 0 amide bonds. The zero-order valence-electron chi connectivity index (χ0n) is 9.03. The highest BCUT2D eigenvalue weighted by molar-refractivity contribution is 5.36. The number of tetrazole rings is 1. The van der Waals surface area contributed by atoms with Crippen molar-refractivity contribution in [2.75, 3.05) is 0 Å². The van der Waals surface area contributed by atoms with Crippen LogP contribution in [0, 0.1) is 23.3 Å². The van der Waals surface area contributed by atoms with Crippen LogP contribution in [-0.2, 0) is 0 Å². The van der Waals surface area contributed by atoms with E-state index < -0.39 is 35.0 Å². The van der Waals surface area contributed by atoms with Gasteiger partial charge in [0.25, 0.3) is 0 Å². The quantitative estimate of drug-likeness (QED) is 0.652. The number of nitrogens with two attached hydrogens (primary N) is 1. The summed E-state index contributed by atoms with van der Waals surface area (Å²) in [5, 5.41) is 9.87. The molecule has 0 aliphatic carbocycles. The van der Waals surface area contributed by atoms with Gasteiger partial charge in [-0.2, -0.15) is 4.68 Å². The summed E-state index contributed by atoms with van der Waals surface area (Å²) in [5.74, 6) is -6.41. The van der Waals surface area contributed by atoms with Crippen LogP contribution < -0.4 is 5.73 Å². The van der Waals surface area contributed by atoms with Gasteiger partial charge in [0.2, 0.25) is 0 Å². The minimum Gasteiger partial charge on any atom is -0.321 e. The van der Waals surface area contributed by atoms with Gasteiger partial charge in [-0.05, 0) is 17.4 Å². The normalized spacial score (nSPS) is 12.8. The lowest BCUT2D eigenvalue weighted by molar-refractivity contribution is 0.440. The summed E-state index contributed by atoms with van der Waals surface area (Å²) in [7, 11) is 0. The summed E-state index contributed by atoms with van der Waals surface area (Å²) in [6.07, 6.45) is 0. The number of benzene rings is 1. The Morgan fingerprint density at radius 1 is 1.17 bits per heavy atom. The van der Waals surface area contributed by atoms with Gasteiger partial charge in [-0.1, -0.05) is 0 Å². The minimum atomic E-state index is -1.59. The third-order valence-corrected chi connectivity index (χ3v) is 2.20. The molecule has 0 aliphatic rings. The molecule has 2 aromatic rings. The average molecular weight is 261 g/mol. The van der Waals surface area contributed by atoms with Crippen LogP contribution in [0.3, 0.4) is 0 Å². The zero-order chi connectivity index (χ0) is 13.4. The summed E-state index contributed by atoms with van der Waals surface area (Å²) in [6, 6.07) is -0.672. The molecule has 1 heterocycles. The predicted octanol–water partition coefficient (Wildman–Crippen LogP) is 1.24. The smallest absolute Gasteiger partial charge is 0.187 e. The number of hydrogen-bond donors (Lipinski definition) is 1. The second kappa shape index (κ2) is 4.33. The number of nitrogens with zero attached hydrogens (tertiary/aromatic N) is 4. The van der Waals surface area contributed by atoms with Crippen molar-refractivity contribution in [1.82, 2.24) is 20.2 Å². The molecule has 18 heavy (non-hydrogen) atoms. The largest absolute Gasteiger partial charge is 0.321 e. The third-order valence-electron chi connectivity index (χ3n) is 2.20. The van der Waals surface area contributed by atoms with Gasteiger partial charge in [0.15, 0.2) is 29.1 Å². The van der Waals surface area contributed by atoms with Crippen LogP contribution in [0.25, 0.3) is 5.69 Å². The van der Waals surface area contributed by atoms with Crippen LogP contribution in [0.4, 0.5) is 17.6 Å². The Labute approximate surface area is 98.2 Å². The first kappa shape index (κ1) is 12.4. The lowest BCUT2D eigenvalue weighted by Crippen LogP contribution is -2.16. The van der Waals surface area contributed by atoms with Crippen LogP contribution in [0.1, 0.15) is 18.8 Å². The van der Waals surface area contributed by atoms with Crippen LogP contribution >= 0.6 is 0 Å². The molecule has 0 fully saturated rings. The maximum atomic E-state index is 13.5. The van der Waals surface area contributed by atoms with Crippen molar-refractivity contribution in [2.45, 2.75) is 13.0 Å². The van der Waals surface area contributed by atoms with Gasteiger partial charge in [0.05, 0.1) is 6.04 Å². The summed E-state index contributed by atoms with van der Waals surface area (Å²) < 4.78 is 53.6. The molecule has 96 valence electrons. The van der Waals surface area contributed by atoms with Crippen molar-refractivity contribution in [3.8, 4) is 5.69 Å². The van der Waals surface area contributed by atoms with Crippen molar-refractivity contribution in [1.29, 1.82) is 0 Å². The Morgan fingerprint density at radius 3 is 2.22 bits per heavy atom. The van der Waals surface area contributed by atoms with Gasteiger partial charge in [-0.3, -0.25) is 0 Å². The molecule has 5 nitrogen and oxygen atoms in total. The molecule has 0 saturated carbocycles. The first-order valence-electron chi connectivity index (χ1n) is 4.80. The lowest BCUT2D eigenvalue weighted by Gasteiger charge is -2.09. The molecule has 9 heteroatoms. The van der Waals surface area contributed by atoms with Crippen LogP contribution in [0.2, 0.25) is 0 Å². The van der Waals surface area contributed by atoms with Crippen molar-refractivity contribution < 1.29 is 17.6 Å². The zero-order valence-corrected chi connectivity index (χ0v) is 9.03. The summed E-state index contributed by atoms with van der Waals surface area (Å²) in [5.41, 5.74) is 4.44. The summed E-state index contributed by atoms with van der Waals surface area (Å²) in [4.78, 5) is 0. The van der Waals surface area contributed by atoms with E-state index in [4.69, 9.17) is 5.73 Å². The fourth-order valence-electron chi connectivity index (χ4n) is 1.38. The van der Waals surface area contributed by atoms with E-state index in [2.05, 4.69) is 15.5 Å². The topological polar surface area (TPSA) is 69.6 Å². The Hall–Kier alpha value is -2.03. The van der Waals surface area contributed by atoms with Crippen LogP contribution in [0.15, 0.2) is 6.07 Å². The van der Waals surface area contributed by atoms with Crippen LogP contribution in [-0.4, -0.2) is 20.2 Å². The molecule has 1 atom stereocenters. The molecule has 2 N–H and O–H groups in total. The van der Waals surface area contributed by atoms with E-state index in [0.29, 0.717) is 4.68 Å². The fourth-order valence-corrected chi connectivity index (χ4v) is 1.38. The maximum Gasteiger partial charge on any atom is 0.187 e. The van der Waals surface area contributed by atoms with Crippen LogP contribution in [0.5, 0.6) is 0 Å². The molecular weight excluding hydrogens is 254 g/mol. The predicted molar refractivity (Wildman–Crippen MR) is 51.6 cm³/mol. The highest BCUT2D eigenvalue weighted by Gasteiger charge is 2.24. The third kappa shape index (κ3) is 1.82. The van der Waals surface area contributed by atoms with Gasteiger partial charge in [0, 0.05) is 6.07 Å². The fraction of sp³-hybridized carbons (Fsp3) is 0.222. The van der Waals surface area contributed by atoms with Gasteiger partial charge >= 0.3 is 0 Å². The van der Waals surface area contributed by atoms with Crippen molar-refractivity contribution in [3.05, 3.63) is 35.2 Å². The van der Waals surface area contributed by atoms with Gasteiger partial charge < -0.3 is 5.73 Å². The Bertz CT molecular complexity index is 569. The number of aromatic nitrogens is 4. The van der Waals surface area contributed by atoms with E-state index in [0.717, 1.165) is 0 Å². The first-order valence-corrected chi connectivity index (χ1v) is 4.80. The van der Waals surface area contributed by atoms with E-state index in [-0.39, 0.29) is 11.9 Å². The molecule has 0 saturated heterocycles. The van der Waals surface area contributed by atoms with Gasteiger partial charge in [-0.15, -0.1) is 5.10 Å². The second-order valence-corrected chi connectivity index (χ2v) is 3.55. The number of rotatable bonds is 2. The molecular formula is C9H7F4N5. The Morgan fingerprint density at radius 2 is 1.72 bits per heavy atom. The van der Waals surface area contributed by atoms with Crippen molar-refractivity contribution in [2.24, 2.45) is 5.73 Å². The molecule has 2 rings (SSSR count). The standard InChI is InChI=1S/C9H7F4N5/c1-3(14)9-15-16-17-18(9)8-6(12)4(10)2-5(11)7(8)13/h2-3H,14H2,1H3. The maximum absolute atomic E-state index is 13.5. The molecule has 1 unspecified atom stereocenters. The number of halogens is 4. The van der Waals surface area contributed by atoms with E-state index >= 15 is 0 Å². The van der Waals surface area contributed by atoms with E-state index in [1.807, 2.05) is 0 Å². The highest BCUT2D eigenvalue weighted by atomic mass is 19.2. The molecule has 0 spiro atoms. The first-order chi connectivity index (χ1) is 8.43. The van der Waals surface area contributed by atoms with E-state index in [1.54, 1.807) is 0 Å². The molecule has 0 radical (unpaired) electrons. The SMILES string of the molecule is CC(N)c1nnnn1-c1c(F)c(F)cc(F)c1F. The molecule has 1 aromatic carbocycles.